The number of oxime groups is 1. The maximum atomic E-state index is 8.46. The van der Waals surface area contributed by atoms with Crippen molar-refractivity contribution in [1.82, 2.24) is 5.32 Å². The van der Waals surface area contributed by atoms with Gasteiger partial charge >= 0.3 is 0 Å². The molecule has 0 aliphatic rings. The number of amidine groups is 1. The molecule has 2 atom stereocenters. The number of nitrogens with zero attached hydrogens (tertiary/aromatic N) is 1. The van der Waals surface area contributed by atoms with E-state index >= 15 is 0 Å². The second kappa shape index (κ2) is 9.46. The van der Waals surface area contributed by atoms with E-state index < -0.39 is 0 Å². The molecule has 0 fully saturated rings. The summed E-state index contributed by atoms with van der Waals surface area (Å²) in [6.45, 7) is 7.54. The van der Waals surface area contributed by atoms with Crippen LogP contribution in [-0.2, 0) is 0 Å². The summed E-state index contributed by atoms with van der Waals surface area (Å²) in [5, 5.41) is 14.9. The SMILES string of the molecule is CCCCC(CC)CNC(C)CC(N)=NO. The molecule has 0 aliphatic carbocycles. The van der Waals surface area contributed by atoms with E-state index in [4.69, 9.17) is 10.9 Å². The highest BCUT2D eigenvalue weighted by Crippen LogP contribution is 2.11. The minimum atomic E-state index is 0.270. The number of hydrogen-bond donors (Lipinski definition) is 3. The summed E-state index contributed by atoms with van der Waals surface area (Å²) in [5.41, 5.74) is 5.45. The van der Waals surface area contributed by atoms with Crippen LogP contribution >= 0.6 is 0 Å². The van der Waals surface area contributed by atoms with Crippen LogP contribution in [0.3, 0.4) is 0 Å². The molecule has 0 aromatic carbocycles. The Balaban J connectivity index is 3.74. The zero-order chi connectivity index (χ0) is 12.4. The molecule has 4 heteroatoms. The quantitative estimate of drug-likeness (QED) is 0.246. The molecular formula is C12H27N3O. The van der Waals surface area contributed by atoms with E-state index in [2.05, 4.69) is 31.2 Å². The second-order valence-corrected chi connectivity index (χ2v) is 4.52. The Morgan fingerprint density at radius 3 is 2.62 bits per heavy atom. The van der Waals surface area contributed by atoms with E-state index in [1.807, 2.05) is 0 Å². The molecule has 4 nitrogen and oxygen atoms in total. The van der Waals surface area contributed by atoms with Gasteiger partial charge in [0, 0.05) is 12.5 Å². The minimum absolute atomic E-state index is 0.270. The van der Waals surface area contributed by atoms with Gasteiger partial charge in [0.05, 0.1) is 0 Å². The van der Waals surface area contributed by atoms with Crippen LogP contribution in [0.2, 0.25) is 0 Å². The topological polar surface area (TPSA) is 70.6 Å². The summed E-state index contributed by atoms with van der Waals surface area (Å²) in [6.07, 6.45) is 5.66. The van der Waals surface area contributed by atoms with Gasteiger partial charge in [-0.15, -0.1) is 0 Å². The lowest BCUT2D eigenvalue weighted by Crippen LogP contribution is -2.34. The van der Waals surface area contributed by atoms with Crippen LogP contribution in [-0.4, -0.2) is 23.6 Å². The summed E-state index contributed by atoms with van der Waals surface area (Å²) in [6, 6.07) is 0.270. The van der Waals surface area contributed by atoms with E-state index in [9.17, 15) is 0 Å². The van der Waals surface area contributed by atoms with Crippen LogP contribution in [0.1, 0.15) is 52.9 Å². The molecule has 0 bridgehead atoms. The molecule has 2 unspecified atom stereocenters. The van der Waals surface area contributed by atoms with Crippen LogP contribution in [0.5, 0.6) is 0 Å². The second-order valence-electron chi connectivity index (χ2n) is 4.52. The summed E-state index contributed by atoms with van der Waals surface area (Å²) >= 11 is 0. The van der Waals surface area contributed by atoms with Crippen molar-refractivity contribution in [3.05, 3.63) is 0 Å². The Morgan fingerprint density at radius 1 is 1.44 bits per heavy atom. The molecule has 16 heavy (non-hydrogen) atoms. The third-order valence-corrected chi connectivity index (χ3v) is 2.94. The molecule has 4 N–H and O–H groups in total. The van der Waals surface area contributed by atoms with Crippen molar-refractivity contribution in [3.63, 3.8) is 0 Å². The Bertz CT molecular complexity index is 195. The Hall–Kier alpha value is -0.770. The van der Waals surface area contributed by atoms with E-state index in [1.165, 1.54) is 25.7 Å². The average molecular weight is 229 g/mol. The molecule has 0 aromatic rings. The van der Waals surface area contributed by atoms with Crippen molar-refractivity contribution in [2.24, 2.45) is 16.8 Å². The Kier molecular flexibility index (Phi) is 9.00. The summed E-state index contributed by atoms with van der Waals surface area (Å²) in [4.78, 5) is 0. The predicted octanol–water partition coefficient (Wildman–Crippen LogP) is 2.32. The smallest absolute Gasteiger partial charge is 0.140 e. The molecule has 0 heterocycles. The fraction of sp³-hybridized carbons (Fsp3) is 0.917. The summed E-state index contributed by atoms with van der Waals surface area (Å²) in [7, 11) is 0. The Labute approximate surface area is 99.3 Å². The van der Waals surface area contributed by atoms with Crippen molar-refractivity contribution in [3.8, 4) is 0 Å². The maximum Gasteiger partial charge on any atom is 0.140 e. The molecule has 0 saturated carbocycles. The van der Waals surface area contributed by atoms with E-state index in [0.717, 1.165) is 12.5 Å². The van der Waals surface area contributed by atoms with Crippen molar-refractivity contribution in [2.45, 2.75) is 58.9 Å². The van der Waals surface area contributed by atoms with Crippen molar-refractivity contribution in [1.29, 1.82) is 0 Å². The van der Waals surface area contributed by atoms with E-state index in [0.29, 0.717) is 12.3 Å². The lowest BCUT2D eigenvalue weighted by atomic mass is 9.99. The minimum Gasteiger partial charge on any atom is -0.409 e. The fourth-order valence-corrected chi connectivity index (χ4v) is 1.74. The molecular weight excluding hydrogens is 202 g/mol. The number of nitrogens with two attached hydrogens (primary N) is 1. The monoisotopic (exact) mass is 229 g/mol. The van der Waals surface area contributed by atoms with Gasteiger partial charge in [-0.05, 0) is 25.8 Å². The zero-order valence-corrected chi connectivity index (χ0v) is 10.9. The van der Waals surface area contributed by atoms with Gasteiger partial charge in [0.15, 0.2) is 0 Å². The van der Waals surface area contributed by atoms with Crippen molar-refractivity contribution < 1.29 is 5.21 Å². The summed E-state index contributed by atoms with van der Waals surface area (Å²) < 4.78 is 0. The fourth-order valence-electron chi connectivity index (χ4n) is 1.74. The third-order valence-electron chi connectivity index (χ3n) is 2.94. The van der Waals surface area contributed by atoms with Crippen LogP contribution in [0.25, 0.3) is 0 Å². The van der Waals surface area contributed by atoms with Crippen LogP contribution in [0.4, 0.5) is 0 Å². The van der Waals surface area contributed by atoms with Gasteiger partial charge in [0.1, 0.15) is 5.84 Å². The van der Waals surface area contributed by atoms with Crippen molar-refractivity contribution >= 4 is 5.84 Å². The first-order chi connectivity index (χ1) is 7.63. The maximum absolute atomic E-state index is 8.46. The lowest BCUT2D eigenvalue weighted by molar-refractivity contribution is 0.315. The number of rotatable bonds is 9. The van der Waals surface area contributed by atoms with Gasteiger partial charge in [0.25, 0.3) is 0 Å². The van der Waals surface area contributed by atoms with Gasteiger partial charge in [-0.25, -0.2) is 0 Å². The predicted molar refractivity (Wildman–Crippen MR) is 68.8 cm³/mol. The van der Waals surface area contributed by atoms with Gasteiger partial charge < -0.3 is 16.3 Å². The van der Waals surface area contributed by atoms with E-state index in [-0.39, 0.29) is 6.04 Å². The molecule has 96 valence electrons. The molecule has 0 spiro atoms. The number of unbranched alkanes of at least 4 members (excludes halogenated alkanes) is 1. The lowest BCUT2D eigenvalue weighted by Gasteiger charge is -2.19. The molecule has 0 rings (SSSR count). The zero-order valence-electron chi connectivity index (χ0n) is 10.9. The standard InChI is InChI=1S/C12H27N3O/c1-4-6-7-11(5-2)9-14-10(3)8-12(13)15-16/h10-11,14,16H,4-9H2,1-3H3,(H2,13,15). The first-order valence-electron chi connectivity index (χ1n) is 6.33. The van der Waals surface area contributed by atoms with Crippen LogP contribution < -0.4 is 11.1 Å². The normalized spacial score (nSPS) is 16.1. The average Bonchev–Trinajstić information content (AvgIpc) is 2.29. The highest BCUT2D eigenvalue weighted by atomic mass is 16.4. The molecule has 0 saturated heterocycles. The van der Waals surface area contributed by atoms with Crippen molar-refractivity contribution in [2.75, 3.05) is 6.54 Å². The Morgan fingerprint density at radius 2 is 2.12 bits per heavy atom. The number of hydrogen-bond acceptors (Lipinski definition) is 3. The van der Waals surface area contributed by atoms with Gasteiger partial charge in [0.2, 0.25) is 0 Å². The molecule has 0 aromatic heterocycles. The highest BCUT2D eigenvalue weighted by Gasteiger charge is 2.09. The number of nitrogens with one attached hydrogen (secondary N) is 1. The molecule has 0 radical (unpaired) electrons. The molecule has 0 aliphatic heterocycles. The first-order valence-corrected chi connectivity index (χ1v) is 6.33. The third kappa shape index (κ3) is 7.51. The van der Waals surface area contributed by atoms with Gasteiger partial charge in [-0.3, -0.25) is 0 Å². The first kappa shape index (κ1) is 15.2. The van der Waals surface area contributed by atoms with Gasteiger partial charge in [-0.2, -0.15) is 0 Å². The summed E-state index contributed by atoms with van der Waals surface area (Å²) in [5.74, 6) is 1.04. The van der Waals surface area contributed by atoms with E-state index in [1.54, 1.807) is 0 Å². The van der Waals surface area contributed by atoms with Gasteiger partial charge in [-0.1, -0.05) is 38.3 Å². The highest BCUT2D eigenvalue weighted by molar-refractivity contribution is 5.80. The van der Waals surface area contributed by atoms with Crippen LogP contribution in [0.15, 0.2) is 5.16 Å². The molecule has 0 amide bonds. The largest absolute Gasteiger partial charge is 0.409 e. The van der Waals surface area contributed by atoms with Crippen LogP contribution in [0, 0.1) is 5.92 Å².